The van der Waals surface area contributed by atoms with Crippen LogP contribution in [0.2, 0.25) is 0 Å². The highest BCUT2D eigenvalue weighted by Crippen LogP contribution is 2.14. The van der Waals surface area contributed by atoms with Crippen molar-refractivity contribution < 1.29 is 24.2 Å². The number of unbranched alkanes of at least 4 members (excludes halogenated alkanes) is 6. The summed E-state index contributed by atoms with van der Waals surface area (Å²) in [6.07, 6.45) is 15.0. The Morgan fingerprint density at radius 1 is 0.629 bits per heavy atom. The van der Waals surface area contributed by atoms with Gasteiger partial charge in [0.2, 0.25) is 0 Å². The number of hydrogen-bond acceptors (Lipinski definition) is 6. The van der Waals surface area contributed by atoms with Gasteiger partial charge in [0.15, 0.2) is 0 Å². The van der Waals surface area contributed by atoms with Crippen molar-refractivity contribution in [3.05, 3.63) is 0 Å². The van der Waals surface area contributed by atoms with E-state index in [0.717, 1.165) is 116 Å². The summed E-state index contributed by atoms with van der Waals surface area (Å²) < 4.78 is 10.9. The fraction of sp³-hybridized carbons (Fsp3) is 0.931. The number of hydrogen-bond donors (Lipinski definition) is 1. The van der Waals surface area contributed by atoms with Crippen molar-refractivity contribution in [2.24, 2.45) is 11.8 Å². The summed E-state index contributed by atoms with van der Waals surface area (Å²) in [5, 5.41) is 9.21. The van der Waals surface area contributed by atoms with E-state index in [4.69, 9.17) is 9.47 Å². The summed E-state index contributed by atoms with van der Waals surface area (Å²) in [6.45, 7) is 12.7. The second kappa shape index (κ2) is 24.5. The normalized spacial score (nSPS) is 13.1. The zero-order chi connectivity index (χ0) is 26.2. The third-order valence-corrected chi connectivity index (χ3v) is 6.78. The first-order valence-electron chi connectivity index (χ1n) is 14.7. The van der Waals surface area contributed by atoms with Gasteiger partial charge in [-0.2, -0.15) is 0 Å². The molecule has 0 heterocycles. The second-order valence-electron chi connectivity index (χ2n) is 9.87. The van der Waals surface area contributed by atoms with Crippen LogP contribution >= 0.6 is 0 Å². The van der Waals surface area contributed by atoms with Crippen LogP contribution in [0.1, 0.15) is 124 Å². The monoisotopic (exact) mass is 499 g/mol. The van der Waals surface area contributed by atoms with E-state index in [0.29, 0.717) is 13.2 Å². The molecule has 6 heteroatoms. The lowest BCUT2D eigenvalue weighted by Crippen LogP contribution is -2.28. The van der Waals surface area contributed by atoms with Gasteiger partial charge in [0.05, 0.1) is 25.0 Å². The summed E-state index contributed by atoms with van der Waals surface area (Å²) in [7, 11) is 0. The fourth-order valence-corrected chi connectivity index (χ4v) is 4.47. The molecular weight excluding hydrogens is 442 g/mol. The van der Waals surface area contributed by atoms with E-state index in [2.05, 4.69) is 32.6 Å². The van der Waals surface area contributed by atoms with Crippen LogP contribution in [0.4, 0.5) is 0 Å². The lowest BCUT2D eigenvalue weighted by atomic mass is 10.0. The molecule has 0 aromatic heterocycles. The molecular formula is C29H57NO5. The molecule has 0 radical (unpaired) electrons. The molecule has 0 aliphatic rings. The van der Waals surface area contributed by atoms with Gasteiger partial charge in [-0.15, -0.1) is 0 Å². The summed E-state index contributed by atoms with van der Waals surface area (Å²) in [5.41, 5.74) is 0. The van der Waals surface area contributed by atoms with Crippen molar-refractivity contribution >= 4 is 11.9 Å². The van der Waals surface area contributed by atoms with Crippen LogP contribution < -0.4 is 0 Å². The summed E-state index contributed by atoms with van der Waals surface area (Å²) >= 11 is 0. The molecule has 0 aromatic carbocycles. The number of esters is 2. The maximum Gasteiger partial charge on any atom is 0.308 e. The Hall–Kier alpha value is -1.14. The van der Waals surface area contributed by atoms with Crippen molar-refractivity contribution in [1.29, 1.82) is 0 Å². The van der Waals surface area contributed by atoms with Gasteiger partial charge in [0, 0.05) is 13.2 Å². The SMILES string of the molecule is CCCC(CC)C(=O)OCCCCCCN(CCCO)CCCCCCOC(=O)C(CC)CCC. The maximum atomic E-state index is 12.0. The summed E-state index contributed by atoms with van der Waals surface area (Å²) in [6, 6.07) is 0. The quantitative estimate of drug-likeness (QED) is 0.114. The Bertz CT molecular complexity index is 459. The van der Waals surface area contributed by atoms with E-state index >= 15 is 0 Å². The van der Waals surface area contributed by atoms with Gasteiger partial charge in [-0.3, -0.25) is 9.59 Å². The van der Waals surface area contributed by atoms with Crippen LogP contribution in [-0.2, 0) is 19.1 Å². The smallest absolute Gasteiger partial charge is 0.308 e. The number of carbonyl (C=O) groups excluding carboxylic acids is 2. The molecule has 2 atom stereocenters. The van der Waals surface area contributed by atoms with Gasteiger partial charge in [-0.05, 0) is 70.9 Å². The van der Waals surface area contributed by atoms with Gasteiger partial charge >= 0.3 is 11.9 Å². The molecule has 6 nitrogen and oxygen atoms in total. The summed E-state index contributed by atoms with van der Waals surface area (Å²) in [5.74, 6) is 0.0808. The molecule has 0 aliphatic heterocycles. The van der Waals surface area contributed by atoms with E-state index in [1.54, 1.807) is 0 Å². The molecule has 0 amide bonds. The Morgan fingerprint density at radius 3 is 1.40 bits per heavy atom. The minimum atomic E-state index is -0.0238. The molecule has 0 bridgehead atoms. The number of aliphatic hydroxyl groups is 1. The standard InChI is InChI=1S/C29H57NO5/c1-5-18-26(7-3)28(32)34-24-15-11-9-13-20-30(22-17-23-31)21-14-10-12-16-25-35-29(33)27(8-4)19-6-2/h26-27,31H,5-25H2,1-4H3. The molecule has 0 spiro atoms. The first-order valence-corrected chi connectivity index (χ1v) is 14.7. The maximum absolute atomic E-state index is 12.0. The number of aliphatic hydroxyl groups excluding tert-OH is 1. The molecule has 0 aliphatic carbocycles. The van der Waals surface area contributed by atoms with E-state index < -0.39 is 0 Å². The van der Waals surface area contributed by atoms with Crippen LogP contribution in [0, 0.1) is 11.8 Å². The first-order chi connectivity index (χ1) is 17.0. The fourth-order valence-electron chi connectivity index (χ4n) is 4.47. The minimum absolute atomic E-state index is 0.0238. The molecule has 0 saturated heterocycles. The molecule has 0 saturated carbocycles. The predicted octanol–water partition coefficient (Wildman–Crippen LogP) is 6.53. The molecule has 0 rings (SSSR count). The molecule has 1 N–H and O–H groups in total. The highest BCUT2D eigenvalue weighted by atomic mass is 16.5. The van der Waals surface area contributed by atoms with Crippen molar-refractivity contribution in [3.8, 4) is 0 Å². The Labute approximate surface area is 216 Å². The van der Waals surface area contributed by atoms with Gasteiger partial charge in [-0.25, -0.2) is 0 Å². The van der Waals surface area contributed by atoms with E-state index in [1.807, 2.05) is 0 Å². The third kappa shape index (κ3) is 18.7. The van der Waals surface area contributed by atoms with Crippen LogP contribution in [0.3, 0.4) is 0 Å². The minimum Gasteiger partial charge on any atom is -0.465 e. The number of carbonyl (C=O) groups is 2. The van der Waals surface area contributed by atoms with E-state index in [1.165, 1.54) is 0 Å². The lowest BCUT2D eigenvalue weighted by molar-refractivity contribution is -0.150. The van der Waals surface area contributed by atoms with Gasteiger partial charge in [-0.1, -0.05) is 66.2 Å². The third-order valence-electron chi connectivity index (χ3n) is 6.78. The van der Waals surface area contributed by atoms with Crippen molar-refractivity contribution in [2.75, 3.05) is 39.5 Å². The molecule has 2 unspecified atom stereocenters. The highest BCUT2D eigenvalue weighted by Gasteiger charge is 2.17. The topological polar surface area (TPSA) is 76.1 Å². The Morgan fingerprint density at radius 2 is 1.03 bits per heavy atom. The van der Waals surface area contributed by atoms with Crippen LogP contribution in [0.5, 0.6) is 0 Å². The number of nitrogens with zero attached hydrogens (tertiary/aromatic N) is 1. The average molecular weight is 500 g/mol. The summed E-state index contributed by atoms with van der Waals surface area (Å²) in [4.78, 5) is 26.6. The average Bonchev–Trinajstić information content (AvgIpc) is 2.86. The zero-order valence-corrected chi connectivity index (χ0v) is 23.5. The highest BCUT2D eigenvalue weighted by molar-refractivity contribution is 5.72. The lowest BCUT2D eigenvalue weighted by Gasteiger charge is -2.22. The Kier molecular flexibility index (Phi) is 23.8. The van der Waals surface area contributed by atoms with E-state index in [9.17, 15) is 14.7 Å². The number of ether oxygens (including phenoxy) is 2. The van der Waals surface area contributed by atoms with Gasteiger partial charge < -0.3 is 19.5 Å². The zero-order valence-electron chi connectivity index (χ0n) is 23.5. The molecule has 0 fully saturated rings. The molecule has 35 heavy (non-hydrogen) atoms. The van der Waals surface area contributed by atoms with Crippen LogP contribution in [0.25, 0.3) is 0 Å². The molecule has 208 valence electrons. The predicted molar refractivity (Wildman–Crippen MR) is 144 cm³/mol. The molecule has 0 aromatic rings. The van der Waals surface area contributed by atoms with Crippen LogP contribution in [0.15, 0.2) is 0 Å². The number of rotatable bonds is 25. The largest absolute Gasteiger partial charge is 0.465 e. The van der Waals surface area contributed by atoms with E-state index in [-0.39, 0.29) is 30.4 Å². The van der Waals surface area contributed by atoms with Gasteiger partial charge in [0.25, 0.3) is 0 Å². The van der Waals surface area contributed by atoms with Crippen molar-refractivity contribution in [1.82, 2.24) is 4.90 Å². The Balaban J connectivity index is 3.89. The second-order valence-corrected chi connectivity index (χ2v) is 9.87. The van der Waals surface area contributed by atoms with Crippen LogP contribution in [-0.4, -0.2) is 61.4 Å². The first kappa shape index (κ1) is 33.9. The van der Waals surface area contributed by atoms with Gasteiger partial charge in [0.1, 0.15) is 0 Å². The van der Waals surface area contributed by atoms with Crippen molar-refractivity contribution in [2.45, 2.75) is 124 Å². The van der Waals surface area contributed by atoms with Crippen molar-refractivity contribution in [3.63, 3.8) is 0 Å².